The van der Waals surface area contributed by atoms with E-state index in [1.165, 1.54) is 16.7 Å². The number of rotatable bonds is 19. The van der Waals surface area contributed by atoms with Gasteiger partial charge >= 0.3 is 0 Å². The van der Waals surface area contributed by atoms with Crippen molar-refractivity contribution in [2.45, 2.75) is 95.3 Å². The van der Waals surface area contributed by atoms with E-state index >= 15 is 0 Å². The lowest BCUT2D eigenvalue weighted by Gasteiger charge is -2.61. The first kappa shape index (κ1) is 48.0. The summed E-state index contributed by atoms with van der Waals surface area (Å²) in [7, 11) is 5.65. The van der Waals surface area contributed by atoms with Gasteiger partial charge in [0.1, 0.15) is 13.1 Å². The van der Waals surface area contributed by atoms with Gasteiger partial charge in [0, 0.05) is 49.7 Å². The van der Waals surface area contributed by atoms with E-state index in [-0.39, 0.29) is 48.3 Å². The normalized spacial score (nSPS) is 33.1. The maximum absolute atomic E-state index is 12.9. The molecule has 1 aromatic carbocycles. The zero-order valence-corrected chi connectivity index (χ0v) is 37.1. The molecular formula is C50H75N3O7. The fraction of sp³-hybridized carbons (Fsp3) is 0.620. The fourth-order valence-corrected chi connectivity index (χ4v) is 11.3. The summed E-state index contributed by atoms with van der Waals surface area (Å²) >= 11 is 0. The van der Waals surface area contributed by atoms with Crippen LogP contribution in [0.25, 0.3) is 0 Å². The molecule has 3 aliphatic carbocycles. The summed E-state index contributed by atoms with van der Waals surface area (Å²) in [5, 5.41) is 56.2. The summed E-state index contributed by atoms with van der Waals surface area (Å²) in [4.78, 5) is 12.4. The standard InChI is InChI=1S/C50H75N3O7/c1-35-13-14-41(28-38-10-8-11-39(27-38)29-48(53-31-35,20-23-51-4)22-26-59-6)36(2)9-7-12-43(33-60-34-56)44-17-19-50(47(44)57)46-40(18-25-54)15-16-42(45(46)37(3)32-55)30-49(50,58)21-24-52-5/h7-13,15-16,27,32,40-42,44,46-47,51-54,56-58H,2,14,17-26,28-31,33-34H2,1,3-6H3/t40-,41+,42+,44-,46-,47-,48+,49-,50-/m1/s1. The quantitative estimate of drug-likeness (QED) is 0.0312. The zero-order valence-electron chi connectivity index (χ0n) is 37.1. The van der Waals surface area contributed by atoms with Gasteiger partial charge in [0.2, 0.25) is 0 Å². The number of allylic oxidation sites excluding steroid dienone is 9. The Morgan fingerprint density at radius 3 is 2.58 bits per heavy atom. The number of aliphatic hydroxyl groups excluding tert-OH is 3. The minimum atomic E-state index is -1.23. The van der Waals surface area contributed by atoms with Crippen molar-refractivity contribution in [3.63, 3.8) is 0 Å². The van der Waals surface area contributed by atoms with E-state index in [9.17, 15) is 25.2 Å². The van der Waals surface area contributed by atoms with Gasteiger partial charge < -0.3 is 45.9 Å². The third-order valence-electron chi connectivity index (χ3n) is 14.5. The number of fused-ring (bicyclic) bond motifs is 5. The van der Waals surface area contributed by atoms with Gasteiger partial charge in [-0.25, -0.2) is 0 Å². The van der Waals surface area contributed by atoms with E-state index in [0.717, 1.165) is 68.2 Å². The lowest BCUT2D eigenvalue weighted by atomic mass is 9.45. The first-order valence-corrected chi connectivity index (χ1v) is 22.3. The van der Waals surface area contributed by atoms with Crippen LogP contribution in [0.3, 0.4) is 0 Å². The molecule has 0 unspecified atom stereocenters. The van der Waals surface area contributed by atoms with Crippen LogP contribution in [0.15, 0.2) is 95.2 Å². The monoisotopic (exact) mass is 830 g/mol. The molecule has 4 aliphatic rings. The average Bonchev–Trinajstić information content (AvgIpc) is 3.59. The minimum absolute atomic E-state index is 0.0382. The van der Waals surface area contributed by atoms with Crippen molar-refractivity contribution in [2.75, 3.05) is 67.5 Å². The molecule has 2 fully saturated rings. The first-order valence-electron chi connectivity index (χ1n) is 22.3. The topological polar surface area (TPSA) is 153 Å². The van der Waals surface area contributed by atoms with Crippen molar-refractivity contribution in [1.82, 2.24) is 16.0 Å². The number of hydrogen-bond donors (Lipinski definition) is 7. The number of carbonyl (C=O) groups is 1. The minimum Gasteiger partial charge on any atom is -0.396 e. The summed E-state index contributed by atoms with van der Waals surface area (Å²) in [5.41, 5.74) is 5.03. The van der Waals surface area contributed by atoms with Gasteiger partial charge in [-0.05, 0) is 145 Å². The lowest BCUT2D eigenvalue weighted by molar-refractivity contribution is -0.194. The van der Waals surface area contributed by atoms with Gasteiger partial charge in [-0.2, -0.15) is 0 Å². The van der Waals surface area contributed by atoms with Crippen LogP contribution in [0.5, 0.6) is 0 Å². The van der Waals surface area contributed by atoms with Gasteiger partial charge in [-0.15, -0.1) is 0 Å². The van der Waals surface area contributed by atoms with Crippen LogP contribution >= 0.6 is 0 Å². The predicted molar refractivity (Wildman–Crippen MR) is 240 cm³/mol. The van der Waals surface area contributed by atoms with Crippen molar-refractivity contribution in [3.8, 4) is 0 Å². The lowest BCUT2D eigenvalue weighted by Crippen LogP contribution is -2.65. The Balaban J connectivity index is 1.45. The second-order valence-electron chi connectivity index (χ2n) is 18.2. The molecule has 1 aromatic rings. The number of methoxy groups -OCH3 is 1. The summed E-state index contributed by atoms with van der Waals surface area (Å²) in [5.74, 6) is -0.798. The molecule has 10 nitrogen and oxygen atoms in total. The van der Waals surface area contributed by atoms with E-state index in [1.807, 2.05) is 33.2 Å². The number of aliphatic hydroxyl groups is 4. The van der Waals surface area contributed by atoms with Crippen molar-refractivity contribution in [3.05, 3.63) is 106 Å². The summed E-state index contributed by atoms with van der Waals surface area (Å²) in [6.07, 6.45) is 19.5. The highest BCUT2D eigenvalue weighted by molar-refractivity contribution is 5.74. The summed E-state index contributed by atoms with van der Waals surface area (Å²) in [6.45, 7) is 11.2. The van der Waals surface area contributed by atoms with Crippen LogP contribution < -0.4 is 16.0 Å². The van der Waals surface area contributed by atoms with Crippen LogP contribution in [-0.4, -0.2) is 111 Å². The molecule has 1 aliphatic heterocycles. The third kappa shape index (κ3) is 10.8. The fourth-order valence-electron chi connectivity index (χ4n) is 11.3. The number of benzene rings is 1. The Bertz CT molecular complexity index is 1740. The van der Waals surface area contributed by atoms with Crippen LogP contribution in [0.1, 0.15) is 76.3 Å². The third-order valence-corrected chi connectivity index (χ3v) is 14.5. The molecule has 0 aromatic heterocycles. The molecule has 1 heterocycles. The second-order valence-corrected chi connectivity index (χ2v) is 18.2. The smallest absolute Gasteiger partial charge is 0.145 e. The number of ether oxygens (including phenoxy) is 2. The van der Waals surface area contributed by atoms with E-state index in [0.29, 0.717) is 50.8 Å². The molecule has 60 heavy (non-hydrogen) atoms. The summed E-state index contributed by atoms with van der Waals surface area (Å²) < 4.78 is 11.2. The van der Waals surface area contributed by atoms with E-state index in [4.69, 9.17) is 9.47 Å². The molecule has 1 spiro atoms. The Hall–Kier alpha value is -3.03. The average molecular weight is 830 g/mol. The maximum atomic E-state index is 12.9. The molecule has 2 saturated carbocycles. The molecule has 4 bridgehead atoms. The Morgan fingerprint density at radius 1 is 1.10 bits per heavy atom. The molecule has 5 rings (SSSR count). The maximum Gasteiger partial charge on any atom is 0.145 e. The van der Waals surface area contributed by atoms with Gasteiger partial charge in [0.15, 0.2) is 0 Å². The van der Waals surface area contributed by atoms with Gasteiger partial charge in [-0.3, -0.25) is 4.79 Å². The number of hydrogen-bond acceptors (Lipinski definition) is 10. The van der Waals surface area contributed by atoms with E-state index in [2.05, 4.69) is 78.0 Å². The highest BCUT2D eigenvalue weighted by Crippen LogP contribution is 2.67. The molecule has 0 radical (unpaired) electrons. The molecule has 9 atom stereocenters. The zero-order chi connectivity index (χ0) is 43.3. The SMILES string of the molecule is C=C(C=CC=C(COCO)[C@H]1CC[C@]2([C@@H]1O)[C@H]1C(=C(C)C=O)[C@@H](C=C[C@@H]1CCO)C[C@]2(O)CCNC)[C@H]1CC=C(C)CN[C@@](CCNC)(CCOC)Cc2cccc(c2)C1. The van der Waals surface area contributed by atoms with Crippen LogP contribution in [-0.2, 0) is 27.1 Å². The van der Waals surface area contributed by atoms with Crippen molar-refractivity contribution in [2.24, 2.45) is 35.0 Å². The number of carbonyl (C=O) groups excluding carboxylic acids is 1. The Morgan fingerprint density at radius 2 is 1.87 bits per heavy atom. The Labute approximate surface area is 360 Å². The molecule has 7 N–H and O–H groups in total. The predicted octanol–water partition coefficient (Wildman–Crippen LogP) is 5.54. The van der Waals surface area contributed by atoms with E-state index < -0.39 is 23.9 Å². The molecule has 0 saturated heterocycles. The van der Waals surface area contributed by atoms with Crippen LogP contribution in [0.2, 0.25) is 0 Å². The number of aldehydes is 1. The van der Waals surface area contributed by atoms with Crippen LogP contribution in [0.4, 0.5) is 0 Å². The van der Waals surface area contributed by atoms with Crippen LogP contribution in [0, 0.1) is 35.0 Å². The first-order chi connectivity index (χ1) is 28.9. The molecule has 10 heteroatoms. The van der Waals surface area contributed by atoms with Gasteiger partial charge in [0.05, 0.1) is 18.3 Å². The van der Waals surface area contributed by atoms with Gasteiger partial charge in [-0.1, -0.05) is 84.0 Å². The van der Waals surface area contributed by atoms with Crippen molar-refractivity contribution < 1.29 is 34.7 Å². The molecule has 0 amide bonds. The van der Waals surface area contributed by atoms with Crippen molar-refractivity contribution in [1.29, 1.82) is 0 Å². The second kappa shape index (κ2) is 22.4. The molecule has 332 valence electrons. The molecular weight excluding hydrogens is 755 g/mol. The highest BCUT2D eigenvalue weighted by atomic mass is 16.6. The van der Waals surface area contributed by atoms with E-state index in [1.54, 1.807) is 7.11 Å². The van der Waals surface area contributed by atoms with Crippen molar-refractivity contribution >= 4 is 6.29 Å². The Kier molecular flexibility index (Phi) is 17.9. The summed E-state index contributed by atoms with van der Waals surface area (Å²) in [6, 6.07) is 8.97. The van der Waals surface area contributed by atoms with Gasteiger partial charge in [0.25, 0.3) is 0 Å². The highest BCUT2D eigenvalue weighted by Gasteiger charge is 2.68. The number of nitrogens with one attached hydrogen (secondary N) is 3. The largest absolute Gasteiger partial charge is 0.396 e.